The van der Waals surface area contributed by atoms with Gasteiger partial charge in [0.2, 0.25) is 0 Å². The molecule has 0 bridgehead atoms. The molecule has 1 aliphatic carbocycles. The predicted octanol–water partition coefficient (Wildman–Crippen LogP) is 2.37. The maximum atomic E-state index is 5.92. The van der Waals surface area contributed by atoms with E-state index in [9.17, 15) is 0 Å². The van der Waals surface area contributed by atoms with Crippen LogP contribution in [-0.2, 0) is 11.2 Å². The fraction of sp³-hybridized carbons (Fsp3) is 0.647. The first kappa shape index (κ1) is 14.1. The summed E-state index contributed by atoms with van der Waals surface area (Å²) in [6.07, 6.45) is 4.08. The monoisotopic (exact) mass is 274 g/mol. The van der Waals surface area contributed by atoms with Gasteiger partial charge < -0.3 is 10.1 Å². The van der Waals surface area contributed by atoms with Crippen LogP contribution < -0.4 is 5.32 Å². The Kier molecular flexibility index (Phi) is 4.71. The molecule has 0 spiro atoms. The van der Waals surface area contributed by atoms with Gasteiger partial charge in [0.1, 0.15) is 0 Å². The number of nitrogens with zero attached hydrogens (tertiary/aromatic N) is 1. The van der Waals surface area contributed by atoms with Crippen LogP contribution in [0.25, 0.3) is 0 Å². The number of fused-ring (bicyclic) bond motifs is 1. The van der Waals surface area contributed by atoms with E-state index in [0.717, 1.165) is 38.7 Å². The summed E-state index contributed by atoms with van der Waals surface area (Å²) in [5.74, 6) is 0. The minimum absolute atomic E-state index is 0.232. The van der Waals surface area contributed by atoms with E-state index in [4.69, 9.17) is 4.74 Å². The lowest BCUT2D eigenvalue weighted by molar-refractivity contribution is 0.0422. The first-order valence-electron chi connectivity index (χ1n) is 8.02. The lowest BCUT2D eigenvalue weighted by Crippen LogP contribution is -2.36. The largest absolute Gasteiger partial charge is 0.372 e. The van der Waals surface area contributed by atoms with Crippen LogP contribution in [0.3, 0.4) is 0 Å². The molecular formula is C17H26N2O. The van der Waals surface area contributed by atoms with Crippen molar-refractivity contribution in [2.75, 3.05) is 32.8 Å². The number of nitrogens with one attached hydrogen (secondary N) is 1. The number of hydrogen-bond acceptors (Lipinski definition) is 3. The first-order chi connectivity index (χ1) is 9.88. The van der Waals surface area contributed by atoms with Crippen LogP contribution in [0.2, 0.25) is 0 Å². The van der Waals surface area contributed by atoms with Gasteiger partial charge in [0.25, 0.3) is 0 Å². The van der Waals surface area contributed by atoms with Crippen molar-refractivity contribution in [3.05, 3.63) is 35.4 Å². The molecule has 0 radical (unpaired) electrons. The smallest absolute Gasteiger partial charge is 0.0952 e. The highest BCUT2D eigenvalue weighted by atomic mass is 16.5. The Morgan fingerprint density at radius 2 is 2.15 bits per heavy atom. The van der Waals surface area contributed by atoms with Gasteiger partial charge in [0, 0.05) is 25.7 Å². The molecule has 0 amide bonds. The van der Waals surface area contributed by atoms with E-state index in [1.807, 2.05) is 0 Å². The fourth-order valence-corrected chi connectivity index (χ4v) is 3.14. The van der Waals surface area contributed by atoms with Crippen LogP contribution >= 0.6 is 0 Å². The van der Waals surface area contributed by atoms with Crippen molar-refractivity contribution >= 4 is 0 Å². The van der Waals surface area contributed by atoms with E-state index in [2.05, 4.69) is 41.4 Å². The van der Waals surface area contributed by atoms with Crippen molar-refractivity contribution < 1.29 is 4.74 Å². The molecule has 1 unspecified atom stereocenters. The lowest BCUT2D eigenvalue weighted by Gasteiger charge is -2.27. The van der Waals surface area contributed by atoms with Crippen LogP contribution in [0, 0.1) is 0 Å². The lowest BCUT2D eigenvalue weighted by atomic mass is 9.97. The summed E-state index contributed by atoms with van der Waals surface area (Å²) in [6, 6.07) is 9.56. The molecule has 1 saturated carbocycles. The maximum Gasteiger partial charge on any atom is 0.0952 e. The molecule has 2 aliphatic rings. The van der Waals surface area contributed by atoms with Gasteiger partial charge in [0.15, 0.2) is 0 Å². The number of likely N-dealkylation sites (N-methyl/N-ethyl adjacent to an activating group) is 1. The van der Waals surface area contributed by atoms with Crippen molar-refractivity contribution in [1.82, 2.24) is 10.2 Å². The van der Waals surface area contributed by atoms with Gasteiger partial charge >= 0.3 is 0 Å². The SMILES string of the molecule is CCN(CCNCC1OCCc2ccccc21)C1CC1. The molecule has 1 aromatic carbocycles. The highest BCUT2D eigenvalue weighted by Crippen LogP contribution is 2.27. The second-order valence-electron chi connectivity index (χ2n) is 5.87. The Morgan fingerprint density at radius 1 is 1.30 bits per heavy atom. The van der Waals surface area contributed by atoms with E-state index < -0.39 is 0 Å². The predicted molar refractivity (Wildman–Crippen MR) is 82.0 cm³/mol. The van der Waals surface area contributed by atoms with Crippen molar-refractivity contribution in [3.63, 3.8) is 0 Å². The van der Waals surface area contributed by atoms with E-state index in [1.54, 1.807) is 0 Å². The summed E-state index contributed by atoms with van der Waals surface area (Å²) in [5, 5.41) is 3.58. The van der Waals surface area contributed by atoms with Crippen LogP contribution in [0.15, 0.2) is 24.3 Å². The molecule has 20 heavy (non-hydrogen) atoms. The summed E-state index contributed by atoms with van der Waals surface area (Å²) in [5.41, 5.74) is 2.83. The summed E-state index contributed by atoms with van der Waals surface area (Å²) < 4.78 is 5.92. The Morgan fingerprint density at radius 3 is 2.95 bits per heavy atom. The molecule has 1 fully saturated rings. The molecule has 1 aliphatic heterocycles. The standard InChI is InChI=1S/C17H26N2O/c1-2-19(15-7-8-15)11-10-18-13-17-16-6-4-3-5-14(16)9-12-20-17/h3-6,15,17-18H,2,7-13H2,1H3. The van der Waals surface area contributed by atoms with Crippen molar-refractivity contribution in [2.24, 2.45) is 0 Å². The maximum absolute atomic E-state index is 5.92. The molecule has 3 heteroatoms. The zero-order valence-corrected chi connectivity index (χ0v) is 12.5. The third kappa shape index (κ3) is 3.40. The Balaban J connectivity index is 1.45. The fourth-order valence-electron chi connectivity index (χ4n) is 3.14. The molecule has 110 valence electrons. The number of rotatable bonds is 7. The zero-order valence-electron chi connectivity index (χ0n) is 12.5. The minimum atomic E-state index is 0.232. The van der Waals surface area contributed by atoms with E-state index >= 15 is 0 Å². The Hall–Kier alpha value is -0.900. The van der Waals surface area contributed by atoms with Crippen molar-refractivity contribution in [2.45, 2.75) is 38.3 Å². The van der Waals surface area contributed by atoms with Gasteiger partial charge in [-0.2, -0.15) is 0 Å². The van der Waals surface area contributed by atoms with Gasteiger partial charge in [-0.15, -0.1) is 0 Å². The van der Waals surface area contributed by atoms with Gasteiger partial charge in [-0.25, -0.2) is 0 Å². The second-order valence-corrected chi connectivity index (χ2v) is 5.87. The third-order valence-corrected chi connectivity index (χ3v) is 4.47. The van der Waals surface area contributed by atoms with Crippen LogP contribution in [0.5, 0.6) is 0 Å². The molecule has 3 rings (SSSR count). The molecule has 0 saturated heterocycles. The number of ether oxygens (including phenoxy) is 1. The van der Waals surface area contributed by atoms with Gasteiger partial charge in [-0.05, 0) is 36.9 Å². The average Bonchev–Trinajstić information content (AvgIpc) is 3.32. The third-order valence-electron chi connectivity index (χ3n) is 4.47. The molecule has 0 aromatic heterocycles. The number of hydrogen-bond donors (Lipinski definition) is 1. The summed E-state index contributed by atoms with van der Waals surface area (Å²) >= 11 is 0. The van der Waals surface area contributed by atoms with E-state index in [-0.39, 0.29) is 6.10 Å². The van der Waals surface area contributed by atoms with Crippen LogP contribution in [0.1, 0.15) is 37.0 Å². The summed E-state index contributed by atoms with van der Waals surface area (Å²) in [4.78, 5) is 2.59. The Labute approximate surface area is 122 Å². The summed E-state index contributed by atoms with van der Waals surface area (Å²) in [7, 11) is 0. The first-order valence-corrected chi connectivity index (χ1v) is 8.02. The molecule has 1 aromatic rings. The Bertz CT molecular complexity index is 431. The number of benzene rings is 1. The van der Waals surface area contributed by atoms with Crippen LogP contribution in [-0.4, -0.2) is 43.7 Å². The molecule has 3 nitrogen and oxygen atoms in total. The van der Waals surface area contributed by atoms with Gasteiger partial charge in [-0.3, -0.25) is 4.90 Å². The highest BCUT2D eigenvalue weighted by molar-refractivity contribution is 5.31. The zero-order chi connectivity index (χ0) is 13.8. The molecular weight excluding hydrogens is 248 g/mol. The molecule has 1 atom stereocenters. The van der Waals surface area contributed by atoms with Crippen LogP contribution in [0.4, 0.5) is 0 Å². The van der Waals surface area contributed by atoms with E-state index in [1.165, 1.54) is 30.5 Å². The minimum Gasteiger partial charge on any atom is -0.372 e. The van der Waals surface area contributed by atoms with E-state index in [0.29, 0.717) is 0 Å². The average molecular weight is 274 g/mol. The van der Waals surface area contributed by atoms with Crippen molar-refractivity contribution in [1.29, 1.82) is 0 Å². The molecule has 1 heterocycles. The molecule has 1 N–H and O–H groups in total. The quantitative estimate of drug-likeness (QED) is 0.773. The second kappa shape index (κ2) is 6.70. The normalized spacial score (nSPS) is 22.0. The van der Waals surface area contributed by atoms with Crippen molar-refractivity contribution in [3.8, 4) is 0 Å². The van der Waals surface area contributed by atoms with Gasteiger partial charge in [-0.1, -0.05) is 31.2 Å². The topological polar surface area (TPSA) is 24.5 Å². The van der Waals surface area contributed by atoms with Gasteiger partial charge in [0.05, 0.1) is 12.7 Å². The summed E-state index contributed by atoms with van der Waals surface area (Å²) in [6.45, 7) is 7.45. The highest BCUT2D eigenvalue weighted by Gasteiger charge is 2.27.